The number of esters is 3. The first-order chi connectivity index (χ1) is 33.5. The van der Waals surface area contributed by atoms with Gasteiger partial charge in [0.15, 0.2) is 6.10 Å². The lowest BCUT2D eigenvalue weighted by Gasteiger charge is -2.18. The van der Waals surface area contributed by atoms with Gasteiger partial charge < -0.3 is 14.2 Å². The second-order valence-corrected chi connectivity index (χ2v) is 19.2. The zero-order chi connectivity index (χ0) is 49.3. The summed E-state index contributed by atoms with van der Waals surface area (Å²) < 4.78 is 16.8. The summed E-state index contributed by atoms with van der Waals surface area (Å²) in [6, 6.07) is 0. The topological polar surface area (TPSA) is 78.9 Å². The van der Waals surface area contributed by atoms with E-state index >= 15 is 0 Å². The molecule has 0 radical (unpaired) electrons. The molecule has 0 bridgehead atoms. The lowest BCUT2D eigenvalue weighted by atomic mass is 10.1. The van der Waals surface area contributed by atoms with Crippen molar-refractivity contribution in [2.75, 3.05) is 13.2 Å². The van der Waals surface area contributed by atoms with Crippen molar-refractivity contribution in [3.05, 3.63) is 72.9 Å². The summed E-state index contributed by atoms with van der Waals surface area (Å²) in [5, 5.41) is 0. The molecular weight excluding hydrogens is 841 g/mol. The van der Waals surface area contributed by atoms with Gasteiger partial charge in [-0.25, -0.2) is 0 Å². The van der Waals surface area contributed by atoms with Crippen LogP contribution in [0.1, 0.15) is 284 Å². The highest BCUT2D eigenvalue weighted by molar-refractivity contribution is 5.71. The number of rotatable bonds is 52. The first-order valence-corrected chi connectivity index (χ1v) is 28.9. The van der Waals surface area contributed by atoms with Gasteiger partial charge in [-0.2, -0.15) is 0 Å². The third-order valence-corrected chi connectivity index (χ3v) is 12.4. The molecule has 0 aliphatic rings. The minimum Gasteiger partial charge on any atom is -0.462 e. The molecule has 68 heavy (non-hydrogen) atoms. The molecule has 1 unspecified atom stereocenters. The molecule has 0 aromatic carbocycles. The maximum absolute atomic E-state index is 12.9. The number of allylic oxidation sites excluding steroid dienone is 12. The van der Waals surface area contributed by atoms with Gasteiger partial charge in [-0.15, -0.1) is 0 Å². The van der Waals surface area contributed by atoms with Gasteiger partial charge in [0.2, 0.25) is 0 Å². The van der Waals surface area contributed by atoms with E-state index in [2.05, 4.69) is 93.7 Å². The van der Waals surface area contributed by atoms with E-state index in [1.54, 1.807) is 0 Å². The summed E-state index contributed by atoms with van der Waals surface area (Å²) in [5.74, 6) is -0.911. The van der Waals surface area contributed by atoms with E-state index in [1.807, 2.05) is 0 Å². The molecule has 6 nitrogen and oxygen atoms in total. The highest BCUT2D eigenvalue weighted by atomic mass is 16.6. The van der Waals surface area contributed by atoms with E-state index in [-0.39, 0.29) is 31.1 Å². The summed E-state index contributed by atoms with van der Waals surface area (Å²) in [7, 11) is 0. The molecule has 0 aliphatic carbocycles. The molecule has 1 atom stereocenters. The van der Waals surface area contributed by atoms with Crippen LogP contribution in [-0.2, 0) is 28.6 Å². The van der Waals surface area contributed by atoms with E-state index in [9.17, 15) is 14.4 Å². The van der Waals surface area contributed by atoms with Gasteiger partial charge >= 0.3 is 17.9 Å². The Kier molecular flexibility index (Phi) is 53.8. The lowest BCUT2D eigenvalue weighted by molar-refractivity contribution is -0.167. The monoisotopic (exact) mass is 949 g/mol. The molecule has 0 saturated carbocycles. The normalized spacial score (nSPS) is 12.6. The van der Waals surface area contributed by atoms with E-state index in [0.29, 0.717) is 19.3 Å². The van der Waals surface area contributed by atoms with Gasteiger partial charge in [0.05, 0.1) is 0 Å². The Labute approximate surface area is 421 Å². The van der Waals surface area contributed by atoms with Gasteiger partial charge in [0.1, 0.15) is 13.2 Å². The lowest BCUT2D eigenvalue weighted by Crippen LogP contribution is -2.30. The molecule has 0 fully saturated rings. The first kappa shape index (κ1) is 64.8. The van der Waals surface area contributed by atoms with Crippen LogP contribution in [0.4, 0.5) is 0 Å². The van der Waals surface area contributed by atoms with Crippen LogP contribution < -0.4 is 0 Å². The number of hydrogen-bond donors (Lipinski definition) is 0. The number of ether oxygens (including phenoxy) is 3. The third kappa shape index (κ3) is 53.8. The van der Waals surface area contributed by atoms with Crippen LogP contribution in [0.15, 0.2) is 72.9 Å². The van der Waals surface area contributed by atoms with Crippen molar-refractivity contribution in [3.63, 3.8) is 0 Å². The molecule has 0 saturated heterocycles. The summed E-state index contributed by atoms with van der Waals surface area (Å²) in [6.45, 7) is 6.54. The smallest absolute Gasteiger partial charge is 0.306 e. The molecule has 0 amide bonds. The molecular formula is C62H108O6. The average molecular weight is 950 g/mol. The van der Waals surface area contributed by atoms with Crippen molar-refractivity contribution in [2.24, 2.45) is 0 Å². The summed E-state index contributed by atoms with van der Waals surface area (Å²) in [4.78, 5) is 38.1. The van der Waals surface area contributed by atoms with Gasteiger partial charge in [-0.3, -0.25) is 14.4 Å². The van der Waals surface area contributed by atoms with Crippen LogP contribution in [0.5, 0.6) is 0 Å². The SMILES string of the molecule is CCC/C=C\C/C=C\CCCCCCCC(=O)OCC(COC(=O)CCCCCCCC/C=C\C/C=C\C/C=C\CCCCC)OC(=O)CCCCCCCCC/C=C\CCCCCCCCC. The van der Waals surface area contributed by atoms with Gasteiger partial charge in [-0.1, -0.05) is 229 Å². The van der Waals surface area contributed by atoms with Gasteiger partial charge in [-0.05, 0) is 109 Å². The quantitative estimate of drug-likeness (QED) is 0.0262. The fourth-order valence-corrected chi connectivity index (χ4v) is 8.01. The Hall–Kier alpha value is -3.15. The van der Waals surface area contributed by atoms with Crippen LogP contribution in [0.25, 0.3) is 0 Å². The fourth-order valence-electron chi connectivity index (χ4n) is 8.01. The first-order valence-electron chi connectivity index (χ1n) is 28.9. The fraction of sp³-hybridized carbons (Fsp3) is 0.758. The molecule has 0 aromatic rings. The summed E-state index contributed by atoms with van der Waals surface area (Å²) in [5.41, 5.74) is 0. The Bertz CT molecular complexity index is 1270. The maximum atomic E-state index is 12.9. The van der Waals surface area contributed by atoms with Crippen molar-refractivity contribution in [1.29, 1.82) is 0 Å². The minimum atomic E-state index is -0.789. The molecule has 0 spiro atoms. The zero-order valence-corrected chi connectivity index (χ0v) is 44.9. The molecule has 0 aromatic heterocycles. The number of carbonyl (C=O) groups is 3. The van der Waals surface area contributed by atoms with Crippen molar-refractivity contribution in [3.8, 4) is 0 Å². The van der Waals surface area contributed by atoms with Crippen molar-refractivity contribution < 1.29 is 28.6 Å². The van der Waals surface area contributed by atoms with Crippen LogP contribution in [0, 0.1) is 0 Å². The Morgan fingerprint density at radius 2 is 0.559 bits per heavy atom. The Balaban J connectivity index is 4.40. The third-order valence-electron chi connectivity index (χ3n) is 12.4. The zero-order valence-electron chi connectivity index (χ0n) is 44.9. The predicted molar refractivity (Wildman–Crippen MR) is 293 cm³/mol. The molecule has 392 valence electrons. The molecule has 0 heterocycles. The second kappa shape index (κ2) is 56.4. The summed E-state index contributed by atoms with van der Waals surface area (Å²) in [6.07, 6.45) is 71.7. The molecule has 6 heteroatoms. The van der Waals surface area contributed by atoms with Crippen molar-refractivity contribution in [1.82, 2.24) is 0 Å². The van der Waals surface area contributed by atoms with Crippen LogP contribution in [0.2, 0.25) is 0 Å². The largest absolute Gasteiger partial charge is 0.462 e. The number of hydrogen-bond acceptors (Lipinski definition) is 6. The minimum absolute atomic E-state index is 0.0882. The van der Waals surface area contributed by atoms with Crippen LogP contribution in [-0.4, -0.2) is 37.2 Å². The van der Waals surface area contributed by atoms with Gasteiger partial charge in [0.25, 0.3) is 0 Å². The van der Waals surface area contributed by atoms with E-state index < -0.39 is 6.10 Å². The maximum Gasteiger partial charge on any atom is 0.306 e. The van der Waals surface area contributed by atoms with Crippen molar-refractivity contribution in [2.45, 2.75) is 290 Å². The van der Waals surface area contributed by atoms with Gasteiger partial charge in [0, 0.05) is 19.3 Å². The highest BCUT2D eigenvalue weighted by Gasteiger charge is 2.19. The average Bonchev–Trinajstić information content (AvgIpc) is 3.34. The van der Waals surface area contributed by atoms with E-state index in [1.165, 1.54) is 135 Å². The molecule has 0 aliphatic heterocycles. The second-order valence-electron chi connectivity index (χ2n) is 19.2. The number of carbonyl (C=O) groups excluding carboxylic acids is 3. The van der Waals surface area contributed by atoms with Crippen molar-refractivity contribution >= 4 is 17.9 Å². The Morgan fingerprint density at radius 1 is 0.294 bits per heavy atom. The van der Waals surface area contributed by atoms with E-state index in [0.717, 1.165) is 109 Å². The summed E-state index contributed by atoms with van der Waals surface area (Å²) >= 11 is 0. The predicted octanol–water partition coefficient (Wildman–Crippen LogP) is 19.4. The van der Waals surface area contributed by atoms with Crippen LogP contribution in [0.3, 0.4) is 0 Å². The molecule has 0 N–H and O–H groups in total. The number of unbranched alkanes of at least 4 members (excludes halogenated alkanes) is 29. The highest BCUT2D eigenvalue weighted by Crippen LogP contribution is 2.15. The standard InChI is InChI=1S/C62H108O6/c1-4-7-10-13-16-19-22-25-27-29-31-33-34-37-40-43-46-49-52-55-61(64)67-58-59(57-66-60(63)54-51-48-45-42-39-36-24-21-18-15-12-9-6-3)68-62(65)56-53-50-47-44-41-38-35-32-30-28-26-23-20-17-14-11-8-5-2/h12,15-16,19,21,24-25,27-28,30-31,33,59H,4-11,13-14,17-18,20,22-23,26,29,32,34-58H2,1-3H3/b15-12-,19-16-,24-21-,27-25-,30-28-,33-31-. The van der Waals surface area contributed by atoms with E-state index in [4.69, 9.17) is 14.2 Å². The van der Waals surface area contributed by atoms with Crippen LogP contribution >= 0.6 is 0 Å². The molecule has 0 rings (SSSR count). The Morgan fingerprint density at radius 3 is 0.926 bits per heavy atom.